The van der Waals surface area contributed by atoms with Crippen LogP contribution in [0.2, 0.25) is 0 Å². The van der Waals surface area contributed by atoms with Gasteiger partial charge in [-0.15, -0.1) is 0 Å². The van der Waals surface area contributed by atoms with Crippen molar-refractivity contribution in [2.75, 3.05) is 31.1 Å². The first kappa shape index (κ1) is 16.7. The van der Waals surface area contributed by atoms with E-state index in [-0.39, 0.29) is 11.6 Å². The van der Waals surface area contributed by atoms with E-state index >= 15 is 0 Å². The van der Waals surface area contributed by atoms with Crippen LogP contribution in [-0.2, 0) is 0 Å². The molecule has 0 aliphatic carbocycles. The lowest BCUT2D eigenvalue weighted by Crippen LogP contribution is -2.48. The smallest absolute Gasteiger partial charge is 0.269 e. The molecule has 2 aromatic rings. The summed E-state index contributed by atoms with van der Waals surface area (Å²) in [5.74, 6) is 0.0507. The van der Waals surface area contributed by atoms with Crippen molar-refractivity contribution in [2.24, 2.45) is 0 Å². The third-order valence-electron chi connectivity index (χ3n) is 4.08. The Kier molecular flexibility index (Phi) is 4.98. The molecule has 0 radical (unpaired) electrons. The average molecular weight is 437 g/mol. The molecule has 1 fully saturated rings. The van der Waals surface area contributed by atoms with Crippen molar-refractivity contribution in [3.63, 3.8) is 0 Å². The van der Waals surface area contributed by atoms with Gasteiger partial charge in [0, 0.05) is 53.1 Å². The van der Waals surface area contributed by atoms with Crippen LogP contribution in [0.25, 0.3) is 0 Å². The lowest BCUT2D eigenvalue weighted by molar-refractivity contribution is -0.384. The van der Waals surface area contributed by atoms with E-state index in [1.807, 2.05) is 29.2 Å². The molecular weight excluding hydrogens is 421 g/mol. The Bertz CT molecular complexity index is 739. The number of nitro benzene ring substituents is 1. The predicted octanol–water partition coefficient (Wildman–Crippen LogP) is 3.16. The number of anilines is 1. The third kappa shape index (κ3) is 3.66. The fraction of sp³-hybridized carbons (Fsp3) is 0.235. The number of rotatable bonds is 3. The first-order valence-electron chi connectivity index (χ1n) is 7.59. The van der Waals surface area contributed by atoms with Crippen molar-refractivity contribution >= 4 is 39.9 Å². The van der Waals surface area contributed by atoms with E-state index in [2.05, 4.69) is 27.5 Å². The molecule has 0 unspecified atom stereocenters. The van der Waals surface area contributed by atoms with Gasteiger partial charge in [-0.05, 0) is 59.0 Å². The van der Waals surface area contributed by atoms with E-state index < -0.39 is 4.92 Å². The number of carbonyl (C=O) groups excluding carboxylic acids is 1. The Hall–Kier alpha value is -2.16. The van der Waals surface area contributed by atoms with Crippen molar-refractivity contribution in [2.45, 2.75) is 0 Å². The standard InChI is InChI=1S/C17H16IN3O3/c18-14-3-1-13(2-4-14)17(22)20-11-9-19(10-12-20)15-5-7-16(8-6-15)21(23)24/h1-8H,9-12H2. The van der Waals surface area contributed by atoms with Gasteiger partial charge in [0.25, 0.3) is 11.6 Å². The highest BCUT2D eigenvalue weighted by Crippen LogP contribution is 2.21. The molecule has 0 aromatic heterocycles. The van der Waals surface area contributed by atoms with Gasteiger partial charge in [0.2, 0.25) is 0 Å². The summed E-state index contributed by atoms with van der Waals surface area (Å²) in [5.41, 5.74) is 1.74. The molecule has 24 heavy (non-hydrogen) atoms. The Balaban J connectivity index is 1.62. The molecule has 0 bridgehead atoms. The monoisotopic (exact) mass is 437 g/mol. The fourth-order valence-corrected chi connectivity index (χ4v) is 3.09. The summed E-state index contributed by atoms with van der Waals surface area (Å²) in [6.07, 6.45) is 0. The normalized spacial score (nSPS) is 14.5. The molecule has 1 amide bonds. The molecule has 0 atom stereocenters. The van der Waals surface area contributed by atoms with E-state index in [0.29, 0.717) is 31.7 Å². The minimum atomic E-state index is -0.401. The molecule has 3 rings (SSSR count). The highest BCUT2D eigenvalue weighted by Gasteiger charge is 2.22. The van der Waals surface area contributed by atoms with Crippen molar-refractivity contribution < 1.29 is 9.72 Å². The zero-order chi connectivity index (χ0) is 17.1. The number of non-ortho nitro benzene ring substituents is 1. The molecular formula is C17H16IN3O3. The highest BCUT2D eigenvalue weighted by atomic mass is 127. The number of benzene rings is 2. The summed E-state index contributed by atoms with van der Waals surface area (Å²) in [4.78, 5) is 26.8. The minimum absolute atomic E-state index is 0.0507. The molecule has 1 aliphatic heterocycles. The number of piperazine rings is 1. The van der Waals surface area contributed by atoms with Crippen LogP contribution in [-0.4, -0.2) is 41.9 Å². The van der Waals surface area contributed by atoms with Crippen LogP contribution in [0, 0.1) is 13.7 Å². The number of hydrogen-bond acceptors (Lipinski definition) is 4. The largest absolute Gasteiger partial charge is 0.368 e. The summed E-state index contributed by atoms with van der Waals surface area (Å²) in [6.45, 7) is 2.71. The molecule has 7 heteroatoms. The minimum Gasteiger partial charge on any atom is -0.368 e. The maximum Gasteiger partial charge on any atom is 0.269 e. The molecule has 124 valence electrons. The maximum absolute atomic E-state index is 12.5. The van der Waals surface area contributed by atoms with Crippen molar-refractivity contribution in [3.05, 3.63) is 67.8 Å². The van der Waals surface area contributed by atoms with Crippen molar-refractivity contribution in [3.8, 4) is 0 Å². The van der Waals surface area contributed by atoms with Crippen molar-refractivity contribution in [1.82, 2.24) is 4.90 Å². The second-order valence-electron chi connectivity index (χ2n) is 5.56. The lowest BCUT2D eigenvalue weighted by Gasteiger charge is -2.36. The Morgan fingerprint density at radius 1 is 0.958 bits per heavy atom. The summed E-state index contributed by atoms with van der Waals surface area (Å²) in [6, 6.07) is 14.1. The molecule has 1 aliphatic rings. The topological polar surface area (TPSA) is 66.7 Å². The highest BCUT2D eigenvalue weighted by molar-refractivity contribution is 14.1. The van der Waals surface area contributed by atoms with Gasteiger partial charge in [0.05, 0.1) is 4.92 Å². The Labute approximate surface area is 153 Å². The van der Waals surface area contributed by atoms with Gasteiger partial charge < -0.3 is 9.80 Å². The van der Waals surface area contributed by atoms with Gasteiger partial charge in [0.15, 0.2) is 0 Å². The van der Waals surface area contributed by atoms with E-state index in [4.69, 9.17) is 0 Å². The van der Waals surface area contributed by atoms with Gasteiger partial charge in [0.1, 0.15) is 0 Å². The van der Waals surface area contributed by atoms with Gasteiger partial charge in [-0.1, -0.05) is 0 Å². The molecule has 1 saturated heterocycles. The number of halogens is 1. The molecule has 0 spiro atoms. The molecule has 1 heterocycles. The first-order valence-corrected chi connectivity index (χ1v) is 8.67. The van der Waals surface area contributed by atoms with Crippen LogP contribution in [0.15, 0.2) is 48.5 Å². The van der Waals surface area contributed by atoms with Gasteiger partial charge >= 0.3 is 0 Å². The summed E-state index contributed by atoms with van der Waals surface area (Å²) >= 11 is 2.22. The summed E-state index contributed by atoms with van der Waals surface area (Å²) in [7, 11) is 0. The molecule has 6 nitrogen and oxygen atoms in total. The summed E-state index contributed by atoms with van der Waals surface area (Å²) < 4.78 is 1.10. The predicted molar refractivity (Wildman–Crippen MR) is 100 cm³/mol. The Morgan fingerprint density at radius 3 is 2.08 bits per heavy atom. The second-order valence-corrected chi connectivity index (χ2v) is 6.81. The van der Waals surface area contributed by atoms with Crippen LogP contribution in [0.1, 0.15) is 10.4 Å². The molecule has 2 aromatic carbocycles. The Morgan fingerprint density at radius 2 is 1.54 bits per heavy atom. The van der Waals surface area contributed by atoms with Crippen LogP contribution < -0.4 is 4.90 Å². The molecule has 0 N–H and O–H groups in total. The van der Waals surface area contributed by atoms with E-state index in [9.17, 15) is 14.9 Å². The second kappa shape index (κ2) is 7.16. The number of carbonyl (C=O) groups is 1. The average Bonchev–Trinajstić information content (AvgIpc) is 2.62. The number of hydrogen-bond donors (Lipinski definition) is 0. The number of nitro groups is 1. The van der Waals surface area contributed by atoms with Crippen LogP contribution >= 0.6 is 22.6 Å². The zero-order valence-corrected chi connectivity index (χ0v) is 15.0. The third-order valence-corrected chi connectivity index (χ3v) is 4.80. The molecule has 0 saturated carbocycles. The van der Waals surface area contributed by atoms with Gasteiger partial charge in [-0.2, -0.15) is 0 Å². The van der Waals surface area contributed by atoms with Crippen LogP contribution in [0.4, 0.5) is 11.4 Å². The van der Waals surface area contributed by atoms with E-state index in [0.717, 1.165) is 9.26 Å². The fourth-order valence-electron chi connectivity index (χ4n) is 2.73. The van der Waals surface area contributed by atoms with E-state index in [1.165, 1.54) is 12.1 Å². The van der Waals surface area contributed by atoms with Crippen molar-refractivity contribution in [1.29, 1.82) is 0 Å². The van der Waals surface area contributed by atoms with Gasteiger partial charge in [-0.3, -0.25) is 14.9 Å². The van der Waals surface area contributed by atoms with Crippen LogP contribution in [0.5, 0.6) is 0 Å². The maximum atomic E-state index is 12.5. The first-order chi connectivity index (χ1) is 11.5. The number of nitrogens with zero attached hydrogens (tertiary/aromatic N) is 3. The lowest BCUT2D eigenvalue weighted by atomic mass is 10.1. The summed E-state index contributed by atoms with van der Waals surface area (Å²) in [5, 5.41) is 10.7. The van der Waals surface area contributed by atoms with Crippen LogP contribution in [0.3, 0.4) is 0 Å². The quantitative estimate of drug-likeness (QED) is 0.421. The zero-order valence-electron chi connectivity index (χ0n) is 12.9. The van der Waals surface area contributed by atoms with Gasteiger partial charge in [-0.25, -0.2) is 0 Å². The number of amides is 1. The van der Waals surface area contributed by atoms with E-state index in [1.54, 1.807) is 12.1 Å². The SMILES string of the molecule is O=C(c1ccc(I)cc1)N1CCN(c2ccc([N+](=O)[O-])cc2)CC1.